The van der Waals surface area contributed by atoms with Crippen molar-refractivity contribution in [2.24, 2.45) is 16.3 Å². The number of nitrogens with zero attached hydrogens (tertiary/aromatic N) is 3. The molecule has 5 aliphatic rings. The van der Waals surface area contributed by atoms with Gasteiger partial charge in [-0.1, -0.05) is 5.92 Å². The molecule has 4 heteroatoms. The van der Waals surface area contributed by atoms with E-state index < -0.39 is 0 Å². The van der Waals surface area contributed by atoms with Gasteiger partial charge in [-0.05, 0) is 25.3 Å². The van der Waals surface area contributed by atoms with Gasteiger partial charge >= 0.3 is 0 Å². The van der Waals surface area contributed by atoms with Gasteiger partial charge in [0.05, 0.1) is 24.7 Å². The van der Waals surface area contributed by atoms with Crippen LogP contribution < -0.4 is 0 Å². The van der Waals surface area contributed by atoms with Crippen LogP contribution >= 0.6 is 0 Å². The van der Waals surface area contributed by atoms with Crippen molar-refractivity contribution in [3.05, 3.63) is 11.9 Å². The summed E-state index contributed by atoms with van der Waals surface area (Å²) in [6.07, 6.45) is 13.7. The molecule has 5 rings (SSSR count). The van der Waals surface area contributed by atoms with Crippen molar-refractivity contribution in [3.63, 3.8) is 0 Å². The molecule has 3 saturated heterocycles. The zero-order valence-electron chi connectivity index (χ0n) is 12.2. The van der Waals surface area contributed by atoms with Crippen LogP contribution in [0.1, 0.15) is 19.3 Å². The molecule has 0 radical (unpaired) electrons. The SMILES string of the molecule is C#CC12C=NC(N3C4CCC3CN(C3COC3)C4)=CC1C2. The third-order valence-corrected chi connectivity index (χ3v) is 6.02. The maximum atomic E-state index is 5.64. The van der Waals surface area contributed by atoms with Crippen LogP contribution in [0, 0.1) is 23.7 Å². The number of allylic oxidation sites excluding steroid dienone is 1. The summed E-state index contributed by atoms with van der Waals surface area (Å²) in [5.41, 5.74) is -0.0341. The van der Waals surface area contributed by atoms with E-state index in [1.54, 1.807) is 0 Å². The van der Waals surface area contributed by atoms with E-state index in [1.807, 2.05) is 6.21 Å². The first kappa shape index (κ1) is 12.3. The summed E-state index contributed by atoms with van der Waals surface area (Å²) in [6, 6.07) is 1.92. The van der Waals surface area contributed by atoms with E-state index in [4.69, 9.17) is 16.2 Å². The van der Waals surface area contributed by atoms with Gasteiger partial charge in [-0.15, -0.1) is 6.42 Å². The van der Waals surface area contributed by atoms with E-state index in [9.17, 15) is 0 Å². The Balaban J connectivity index is 1.35. The molecule has 4 atom stereocenters. The minimum atomic E-state index is -0.0341. The normalized spacial score (nSPS) is 44.8. The Kier molecular flexibility index (Phi) is 2.40. The molecular formula is C17H21N3O. The first-order valence-electron chi connectivity index (χ1n) is 8.14. The third kappa shape index (κ3) is 1.68. The Hall–Kier alpha value is -1.31. The number of likely N-dealkylation sites (tertiary alicyclic amines) is 1. The van der Waals surface area contributed by atoms with Crippen molar-refractivity contribution >= 4 is 6.21 Å². The Morgan fingerprint density at radius 3 is 2.57 bits per heavy atom. The molecule has 4 aliphatic heterocycles. The standard InChI is InChI=1S/C17H21N3O/c1-2-17-6-12(17)5-16(18-11-17)20-13-3-4-14(20)8-19(7-13)15-9-21-10-15/h1,5,11-15H,3-4,6-10H2. The van der Waals surface area contributed by atoms with Crippen molar-refractivity contribution in [3.8, 4) is 12.3 Å². The number of ether oxygens (including phenoxy) is 1. The van der Waals surface area contributed by atoms with E-state index >= 15 is 0 Å². The first-order valence-corrected chi connectivity index (χ1v) is 8.14. The number of rotatable bonds is 2. The molecule has 110 valence electrons. The monoisotopic (exact) mass is 283 g/mol. The van der Waals surface area contributed by atoms with Crippen LogP contribution in [-0.4, -0.2) is 60.4 Å². The highest BCUT2D eigenvalue weighted by Crippen LogP contribution is 2.54. The lowest BCUT2D eigenvalue weighted by molar-refractivity contribution is -0.0848. The predicted octanol–water partition coefficient (Wildman–Crippen LogP) is 1.10. The Labute approximate surface area is 125 Å². The van der Waals surface area contributed by atoms with Gasteiger partial charge in [0.25, 0.3) is 0 Å². The van der Waals surface area contributed by atoms with Crippen LogP contribution in [0.25, 0.3) is 0 Å². The van der Waals surface area contributed by atoms with E-state index in [2.05, 4.69) is 21.8 Å². The Morgan fingerprint density at radius 1 is 1.24 bits per heavy atom. The van der Waals surface area contributed by atoms with Crippen molar-refractivity contribution in [1.29, 1.82) is 0 Å². The second-order valence-electron chi connectivity index (χ2n) is 7.22. The number of piperazine rings is 1. The Morgan fingerprint density at radius 2 is 2.00 bits per heavy atom. The van der Waals surface area contributed by atoms with Gasteiger partial charge in [-0.2, -0.15) is 0 Å². The third-order valence-electron chi connectivity index (χ3n) is 6.02. The lowest BCUT2D eigenvalue weighted by Gasteiger charge is -2.47. The average Bonchev–Trinajstić information content (AvgIpc) is 3.10. The summed E-state index contributed by atoms with van der Waals surface area (Å²) in [7, 11) is 0. The van der Waals surface area contributed by atoms with E-state index in [-0.39, 0.29) is 5.41 Å². The van der Waals surface area contributed by atoms with Crippen LogP contribution in [-0.2, 0) is 4.74 Å². The largest absolute Gasteiger partial charge is 0.378 e. The molecule has 4 fully saturated rings. The fraction of sp³-hybridized carbons (Fsp3) is 0.706. The molecule has 1 saturated carbocycles. The number of hydrogen-bond donors (Lipinski definition) is 0. The minimum Gasteiger partial charge on any atom is -0.378 e. The van der Waals surface area contributed by atoms with Gasteiger partial charge in [-0.3, -0.25) is 4.90 Å². The highest BCUT2D eigenvalue weighted by molar-refractivity contribution is 5.78. The van der Waals surface area contributed by atoms with Gasteiger partial charge in [0.2, 0.25) is 0 Å². The number of fused-ring (bicyclic) bond motifs is 3. The molecule has 0 amide bonds. The van der Waals surface area contributed by atoms with Crippen LogP contribution in [0.5, 0.6) is 0 Å². The molecule has 4 unspecified atom stereocenters. The molecular weight excluding hydrogens is 262 g/mol. The number of aliphatic imine (C=N–C) groups is 1. The lowest BCUT2D eigenvalue weighted by Crippen LogP contribution is -2.60. The molecule has 0 aromatic rings. The maximum absolute atomic E-state index is 5.64. The van der Waals surface area contributed by atoms with Crippen molar-refractivity contribution in [2.75, 3.05) is 26.3 Å². The lowest BCUT2D eigenvalue weighted by atomic mass is 10.0. The zero-order valence-corrected chi connectivity index (χ0v) is 12.2. The molecule has 1 aliphatic carbocycles. The molecule has 0 aromatic heterocycles. The van der Waals surface area contributed by atoms with Crippen LogP contribution in [0.3, 0.4) is 0 Å². The number of hydrogen-bond acceptors (Lipinski definition) is 4. The van der Waals surface area contributed by atoms with E-state index in [0.29, 0.717) is 24.0 Å². The highest BCUT2D eigenvalue weighted by atomic mass is 16.5. The second-order valence-corrected chi connectivity index (χ2v) is 7.22. The summed E-state index contributed by atoms with van der Waals surface area (Å²) in [6.45, 7) is 4.19. The smallest absolute Gasteiger partial charge is 0.125 e. The van der Waals surface area contributed by atoms with Gasteiger partial charge in [0, 0.05) is 37.3 Å². The van der Waals surface area contributed by atoms with Crippen molar-refractivity contribution < 1.29 is 4.74 Å². The fourth-order valence-electron chi connectivity index (χ4n) is 4.46. The highest BCUT2D eigenvalue weighted by Gasteiger charge is 2.54. The van der Waals surface area contributed by atoms with Crippen LogP contribution in [0.4, 0.5) is 0 Å². The fourth-order valence-corrected chi connectivity index (χ4v) is 4.46. The van der Waals surface area contributed by atoms with Gasteiger partial charge < -0.3 is 9.64 Å². The summed E-state index contributed by atoms with van der Waals surface area (Å²) < 4.78 is 5.36. The molecule has 4 heterocycles. The first-order chi connectivity index (χ1) is 10.3. The second kappa shape index (κ2) is 4.12. The predicted molar refractivity (Wildman–Crippen MR) is 80.8 cm³/mol. The molecule has 0 spiro atoms. The topological polar surface area (TPSA) is 28.1 Å². The molecule has 21 heavy (non-hydrogen) atoms. The quantitative estimate of drug-likeness (QED) is 0.710. The van der Waals surface area contributed by atoms with Crippen LogP contribution in [0.2, 0.25) is 0 Å². The zero-order chi connectivity index (χ0) is 14.0. The van der Waals surface area contributed by atoms with Gasteiger partial charge in [-0.25, -0.2) is 4.99 Å². The molecule has 4 nitrogen and oxygen atoms in total. The van der Waals surface area contributed by atoms with Crippen LogP contribution in [0.15, 0.2) is 16.9 Å². The van der Waals surface area contributed by atoms with Crippen molar-refractivity contribution in [1.82, 2.24) is 9.80 Å². The van der Waals surface area contributed by atoms with Crippen molar-refractivity contribution in [2.45, 2.75) is 37.4 Å². The van der Waals surface area contributed by atoms with E-state index in [0.717, 1.165) is 19.6 Å². The van der Waals surface area contributed by atoms with Gasteiger partial charge in [0.1, 0.15) is 5.82 Å². The summed E-state index contributed by atoms with van der Waals surface area (Å²) in [5, 5.41) is 0. The molecule has 2 bridgehead atoms. The van der Waals surface area contributed by atoms with E-state index in [1.165, 1.54) is 31.8 Å². The minimum absolute atomic E-state index is 0.0341. The maximum Gasteiger partial charge on any atom is 0.125 e. The molecule has 0 aromatic carbocycles. The summed E-state index contributed by atoms with van der Waals surface area (Å²) >= 11 is 0. The van der Waals surface area contributed by atoms with Gasteiger partial charge in [0.15, 0.2) is 0 Å². The Bertz CT molecular complexity index is 559. The average molecular weight is 283 g/mol. The summed E-state index contributed by atoms with van der Waals surface area (Å²) in [4.78, 5) is 9.97. The summed E-state index contributed by atoms with van der Waals surface area (Å²) in [5.74, 6) is 4.65. The number of terminal acetylenes is 1. The molecule has 0 N–H and O–H groups in total.